The molecule has 0 aliphatic rings. The van der Waals surface area contributed by atoms with Gasteiger partial charge < -0.3 is 14.1 Å². The van der Waals surface area contributed by atoms with Gasteiger partial charge in [0.2, 0.25) is 11.7 Å². The lowest BCUT2D eigenvalue weighted by molar-refractivity contribution is -0.163. The van der Waals surface area contributed by atoms with Gasteiger partial charge in [0.25, 0.3) is 0 Å². The van der Waals surface area contributed by atoms with Crippen molar-refractivity contribution in [3.63, 3.8) is 0 Å². The van der Waals surface area contributed by atoms with E-state index in [-0.39, 0.29) is 6.54 Å². The third kappa shape index (κ3) is 5.31. The number of amides is 1. The van der Waals surface area contributed by atoms with Crippen molar-refractivity contribution in [1.29, 1.82) is 0 Å². The molecule has 29 heavy (non-hydrogen) atoms. The number of carbonyl (C=O) groups is 3. The van der Waals surface area contributed by atoms with E-state index < -0.39 is 29.7 Å². The van der Waals surface area contributed by atoms with Crippen LogP contribution in [0.1, 0.15) is 33.0 Å². The van der Waals surface area contributed by atoms with Gasteiger partial charge >= 0.3 is 5.97 Å². The highest BCUT2D eigenvalue weighted by molar-refractivity contribution is 6.37. The van der Waals surface area contributed by atoms with Crippen LogP contribution < -0.4 is 4.90 Å². The van der Waals surface area contributed by atoms with Gasteiger partial charge in [0, 0.05) is 11.1 Å². The average molecular weight is 393 g/mol. The van der Waals surface area contributed by atoms with Crippen LogP contribution in [0.3, 0.4) is 0 Å². The molecule has 0 N–H and O–H groups in total. The minimum atomic E-state index is -1.01. The predicted octanol–water partition coefficient (Wildman–Crippen LogP) is 4.27. The fourth-order valence-corrected chi connectivity index (χ4v) is 2.84. The second-order valence-corrected chi connectivity index (χ2v) is 7.67. The third-order valence-corrected chi connectivity index (χ3v) is 4.10. The molecule has 1 amide bonds. The van der Waals surface area contributed by atoms with E-state index in [1.54, 1.807) is 45.0 Å². The van der Waals surface area contributed by atoms with Crippen molar-refractivity contribution in [3.05, 3.63) is 66.4 Å². The molecular weight excluding hydrogens is 370 g/mol. The van der Waals surface area contributed by atoms with Gasteiger partial charge in [0.1, 0.15) is 16.9 Å². The molecule has 6 nitrogen and oxygen atoms in total. The molecule has 0 radical (unpaired) electrons. The highest BCUT2D eigenvalue weighted by Crippen LogP contribution is 2.23. The third-order valence-electron chi connectivity index (χ3n) is 4.10. The quantitative estimate of drug-likeness (QED) is 0.355. The summed E-state index contributed by atoms with van der Waals surface area (Å²) in [6, 6.07) is 18.3. The summed E-state index contributed by atoms with van der Waals surface area (Å²) in [6.45, 7) is 5.13. The van der Waals surface area contributed by atoms with Crippen LogP contribution in [0.4, 0.5) is 5.69 Å². The van der Waals surface area contributed by atoms with E-state index in [1.807, 2.05) is 36.4 Å². The number of rotatable bonds is 6. The lowest BCUT2D eigenvalue weighted by atomic mass is 10.1. The number of para-hydroxylation sites is 2. The summed E-state index contributed by atoms with van der Waals surface area (Å²) < 4.78 is 10.9. The van der Waals surface area contributed by atoms with E-state index in [0.717, 1.165) is 5.39 Å². The average Bonchev–Trinajstić information content (AvgIpc) is 3.08. The number of benzene rings is 2. The summed E-state index contributed by atoms with van der Waals surface area (Å²) in [5.41, 5.74) is 0.520. The Morgan fingerprint density at radius 2 is 1.62 bits per heavy atom. The molecule has 0 atom stereocenters. The standard InChI is InChI=1S/C23H23NO5/c1-23(2,3)29-22(27)19(25)14-21(26)24(17-10-5-4-6-11-17)15-18-13-16-9-7-8-12-20(16)28-18/h4-13H,14-15H2,1-3H3. The van der Waals surface area contributed by atoms with Crippen molar-refractivity contribution in [2.45, 2.75) is 39.3 Å². The van der Waals surface area contributed by atoms with Crippen molar-refractivity contribution in [1.82, 2.24) is 0 Å². The second-order valence-electron chi connectivity index (χ2n) is 7.67. The van der Waals surface area contributed by atoms with Gasteiger partial charge in [-0.1, -0.05) is 36.4 Å². The first-order valence-corrected chi connectivity index (χ1v) is 9.32. The van der Waals surface area contributed by atoms with Crippen molar-refractivity contribution in [2.75, 3.05) is 4.90 Å². The number of Topliss-reactive ketones (excluding diaryl/α,β-unsaturated/α-hetero) is 1. The first-order chi connectivity index (χ1) is 13.7. The molecule has 0 spiro atoms. The minimum Gasteiger partial charge on any atom is -0.459 e. The Balaban J connectivity index is 1.81. The van der Waals surface area contributed by atoms with Crippen LogP contribution in [0, 0.1) is 0 Å². The zero-order chi connectivity index (χ0) is 21.0. The van der Waals surface area contributed by atoms with E-state index in [0.29, 0.717) is 17.0 Å². The smallest absolute Gasteiger partial charge is 0.375 e. The number of esters is 1. The van der Waals surface area contributed by atoms with Crippen LogP contribution in [0.5, 0.6) is 0 Å². The van der Waals surface area contributed by atoms with Gasteiger partial charge in [0.05, 0.1) is 13.0 Å². The van der Waals surface area contributed by atoms with E-state index in [9.17, 15) is 14.4 Å². The van der Waals surface area contributed by atoms with Crippen molar-refractivity contribution < 1.29 is 23.5 Å². The molecule has 0 aliphatic heterocycles. The number of furan rings is 1. The molecule has 0 aliphatic carbocycles. The molecule has 1 heterocycles. The molecule has 0 saturated carbocycles. The predicted molar refractivity (Wildman–Crippen MR) is 109 cm³/mol. The largest absolute Gasteiger partial charge is 0.459 e. The van der Waals surface area contributed by atoms with E-state index in [1.165, 1.54) is 4.90 Å². The highest BCUT2D eigenvalue weighted by atomic mass is 16.6. The van der Waals surface area contributed by atoms with Gasteiger partial charge in [-0.05, 0) is 45.0 Å². The molecule has 0 fully saturated rings. The number of anilines is 1. The Morgan fingerprint density at radius 3 is 2.28 bits per heavy atom. The number of hydrogen-bond acceptors (Lipinski definition) is 5. The summed E-state index contributed by atoms with van der Waals surface area (Å²) in [7, 11) is 0. The number of ether oxygens (including phenoxy) is 1. The van der Waals surface area contributed by atoms with Crippen molar-refractivity contribution in [2.24, 2.45) is 0 Å². The normalized spacial score (nSPS) is 11.3. The summed E-state index contributed by atoms with van der Waals surface area (Å²) in [4.78, 5) is 38.5. The Bertz CT molecular complexity index is 997. The monoisotopic (exact) mass is 393 g/mol. The molecule has 0 unspecified atom stereocenters. The molecule has 150 valence electrons. The Hall–Kier alpha value is -3.41. The van der Waals surface area contributed by atoms with Gasteiger partial charge in [-0.25, -0.2) is 4.79 Å². The number of nitrogens with zero attached hydrogens (tertiary/aromatic N) is 1. The zero-order valence-corrected chi connectivity index (χ0v) is 16.7. The second kappa shape index (κ2) is 8.31. The number of ketones is 1. The first-order valence-electron chi connectivity index (χ1n) is 9.32. The lowest BCUT2D eigenvalue weighted by Crippen LogP contribution is -2.35. The first kappa shape index (κ1) is 20.3. The SMILES string of the molecule is CC(C)(C)OC(=O)C(=O)CC(=O)N(Cc1cc2ccccc2o1)c1ccccc1. The zero-order valence-electron chi connectivity index (χ0n) is 16.7. The maximum Gasteiger partial charge on any atom is 0.375 e. The molecule has 1 aromatic heterocycles. The maximum absolute atomic E-state index is 12.9. The van der Waals surface area contributed by atoms with Crippen molar-refractivity contribution >= 4 is 34.3 Å². The van der Waals surface area contributed by atoms with E-state index in [2.05, 4.69) is 0 Å². The van der Waals surface area contributed by atoms with Gasteiger partial charge in [-0.3, -0.25) is 9.59 Å². The van der Waals surface area contributed by atoms with Crippen LogP contribution in [0.15, 0.2) is 65.1 Å². The van der Waals surface area contributed by atoms with E-state index in [4.69, 9.17) is 9.15 Å². The molecule has 0 saturated heterocycles. The summed E-state index contributed by atoms with van der Waals surface area (Å²) in [5, 5.41) is 0.924. The minimum absolute atomic E-state index is 0.138. The van der Waals surface area contributed by atoms with Gasteiger partial charge in [-0.15, -0.1) is 0 Å². The Kier molecular flexibility index (Phi) is 5.82. The van der Waals surface area contributed by atoms with Crippen LogP contribution in [-0.2, 0) is 25.7 Å². The van der Waals surface area contributed by atoms with Crippen LogP contribution in [-0.4, -0.2) is 23.3 Å². The Morgan fingerprint density at radius 1 is 0.966 bits per heavy atom. The van der Waals surface area contributed by atoms with Gasteiger partial charge in [0.15, 0.2) is 0 Å². The van der Waals surface area contributed by atoms with Crippen LogP contribution in [0.25, 0.3) is 11.0 Å². The molecule has 2 aromatic carbocycles. The van der Waals surface area contributed by atoms with Crippen LogP contribution in [0.2, 0.25) is 0 Å². The number of fused-ring (bicyclic) bond motifs is 1. The van der Waals surface area contributed by atoms with Crippen molar-refractivity contribution in [3.8, 4) is 0 Å². The number of hydrogen-bond donors (Lipinski definition) is 0. The fraction of sp³-hybridized carbons (Fsp3) is 0.261. The highest BCUT2D eigenvalue weighted by Gasteiger charge is 2.28. The topological polar surface area (TPSA) is 76.8 Å². The Labute approximate surface area is 169 Å². The molecule has 3 aromatic rings. The fourth-order valence-electron chi connectivity index (χ4n) is 2.84. The summed E-state index contributed by atoms with van der Waals surface area (Å²) in [6.07, 6.45) is -0.579. The number of carbonyl (C=O) groups excluding carboxylic acids is 3. The lowest BCUT2D eigenvalue weighted by Gasteiger charge is -2.22. The van der Waals surface area contributed by atoms with E-state index >= 15 is 0 Å². The summed E-state index contributed by atoms with van der Waals surface area (Å²) in [5.74, 6) is -1.82. The molecule has 3 rings (SSSR count). The molecule has 0 bridgehead atoms. The molecular formula is C23H23NO5. The molecule has 6 heteroatoms. The maximum atomic E-state index is 12.9. The van der Waals surface area contributed by atoms with Gasteiger partial charge in [-0.2, -0.15) is 0 Å². The van der Waals surface area contributed by atoms with Crippen LogP contribution >= 0.6 is 0 Å². The summed E-state index contributed by atoms with van der Waals surface area (Å²) >= 11 is 0.